The van der Waals surface area contributed by atoms with E-state index in [2.05, 4.69) is 39.3 Å². The Bertz CT molecular complexity index is 1060. The zero-order valence-corrected chi connectivity index (χ0v) is 36.5. The molecule has 0 saturated heterocycles. The number of hydrogen-bond acceptors (Lipinski definition) is 11. The Balaban J connectivity index is 3.21. The van der Waals surface area contributed by atoms with Crippen LogP contribution in [0, 0.1) is 11.8 Å². The van der Waals surface area contributed by atoms with Crippen LogP contribution in [-0.2, 0) is 60.8 Å². The highest BCUT2D eigenvalue weighted by Gasteiger charge is 2.49. The van der Waals surface area contributed by atoms with Crippen molar-refractivity contribution in [2.45, 2.75) is 135 Å². The molecule has 1 aliphatic carbocycles. The van der Waals surface area contributed by atoms with E-state index in [1.54, 1.807) is 13.8 Å². The third-order valence-electron chi connectivity index (χ3n) is 6.81. The first-order chi connectivity index (χ1) is 20.0. The lowest BCUT2D eigenvalue weighted by Gasteiger charge is -2.43. The van der Waals surface area contributed by atoms with E-state index < -0.39 is 73.5 Å². The first-order valence-corrected chi connectivity index (χ1v) is 33.2. The Morgan fingerprint density at radius 1 is 0.864 bits per heavy atom. The molecule has 1 rings (SSSR count). The third-order valence-corrected chi connectivity index (χ3v) is 28.5. The van der Waals surface area contributed by atoms with Crippen LogP contribution in [0.15, 0.2) is 0 Å². The van der Waals surface area contributed by atoms with Gasteiger partial charge in [0.05, 0.1) is 17.9 Å². The van der Waals surface area contributed by atoms with Crippen molar-refractivity contribution in [1.82, 2.24) is 0 Å². The van der Waals surface area contributed by atoms with Gasteiger partial charge in [-0.3, -0.25) is 14.2 Å². The van der Waals surface area contributed by atoms with Gasteiger partial charge in [-0.25, -0.2) is 0 Å². The van der Waals surface area contributed by atoms with Gasteiger partial charge >= 0.3 is 29.1 Å². The van der Waals surface area contributed by atoms with Crippen LogP contribution in [-0.4, -0.2) is 84.6 Å². The van der Waals surface area contributed by atoms with Gasteiger partial charge in [0.25, 0.3) is 9.28 Å². The van der Waals surface area contributed by atoms with E-state index in [1.165, 1.54) is 0 Å². The van der Waals surface area contributed by atoms with E-state index in [0.717, 1.165) is 22.3 Å². The van der Waals surface area contributed by atoms with Crippen LogP contribution in [0.3, 0.4) is 0 Å². The van der Waals surface area contributed by atoms with E-state index in [9.17, 15) is 19.3 Å². The molecule has 0 aliphatic heterocycles. The maximum absolute atomic E-state index is 13.4. The molecule has 0 bridgehead atoms. The van der Waals surface area contributed by atoms with Gasteiger partial charge in [-0.2, -0.15) is 0 Å². The number of hydrogen-bond donors (Lipinski definition) is 1. The molecule has 1 saturated carbocycles. The summed E-state index contributed by atoms with van der Waals surface area (Å²) in [7, 11) is -11.4. The van der Waals surface area contributed by atoms with Gasteiger partial charge in [0.1, 0.15) is 12.7 Å². The highest BCUT2D eigenvalue weighted by Crippen LogP contribution is 2.35. The second kappa shape index (κ2) is 18.2. The second-order valence-electron chi connectivity index (χ2n) is 14.4. The predicted octanol–water partition coefficient (Wildman–Crippen LogP) is 6.05. The molecule has 44 heavy (non-hydrogen) atoms. The lowest BCUT2D eigenvalue weighted by molar-refractivity contribution is -0.154. The average molecular weight is 765 g/mol. The molecule has 0 aromatic carbocycles. The molecule has 0 heterocycles. The number of rotatable bonds is 18. The number of ether oxygens (including phenoxy) is 2. The summed E-state index contributed by atoms with van der Waals surface area (Å²) in [5.41, 5.74) is 0.0795. The minimum Gasteiger partial charge on any atom is -0.463 e. The molecule has 1 aliphatic rings. The fourth-order valence-corrected chi connectivity index (χ4v) is 29.8. The minimum atomic E-state index is -3.14. The van der Waals surface area contributed by atoms with Crippen LogP contribution in [0.25, 0.3) is 0 Å². The summed E-state index contributed by atoms with van der Waals surface area (Å²) in [6.07, 6.45) is 1.86. The lowest BCUT2D eigenvalue weighted by atomic mass is 9.97. The van der Waals surface area contributed by atoms with Gasteiger partial charge in [0.2, 0.25) is 0 Å². The number of esters is 2. The Labute approximate surface area is 279 Å². The van der Waals surface area contributed by atoms with Crippen molar-refractivity contribution in [2.24, 2.45) is 11.8 Å². The smallest absolute Gasteiger partial charge is 0.318 e. The topological polar surface area (TPSA) is 127 Å². The summed E-state index contributed by atoms with van der Waals surface area (Å²) in [4.78, 5) is 26.2. The highest BCUT2D eigenvalue weighted by molar-refractivity contribution is 8.32. The van der Waals surface area contributed by atoms with E-state index in [4.69, 9.17) is 37.1 Å². The molecular weight excluding hydrogens is 708 g/mol. The number of aliphatic hydroxyl groups excluding tert-OH is 1. The normalized spacial score (nSPS) is 23.7. The summed E-state index contributed by atoms with van der Waals surface area (Å²) in [5.74, 6) is -1.72. The standard InChI is InChI=1S/C26H57O10PS2Si5/c1-20(25(28)31-17-22(3)27)19-44(12,35-42(8,9)10)36-43(11,34-40(4)33-41(5,6)7)18-21(2)26(29)32-23-13-15-24(16-14-23)37(30)39-38/h20-24,27,40H,13-19H2,1-12H3. The van der Waals surface area contributed by atoms with Crippen molar-refractivity contribution < 1.29 is 45.2 Å². The Kier molecular flexibility index (Phi) is 17.5. The van der Waals surface area contributed by atoms with Gasteiger partial charge in [-0.15, -0.1) is 0 Å². The van der Waals surface area contributed by atoms with Gasteiger partial charge < -0.3 is 31.0 Å². The van der Waals surface area contributed by atoms with E-state index >= 15 is 0 Å². The summed E-state index contributed by atoms with van der Waals surface area (Å²) < 4.78 is 50.3. The van der Waals surface area contributed by atoms with Gasteiger partial charge in [-0.1, -0.05) is 13.8 Å². The summed E-state index contributed by atoms with van der Waals surface area (Å²) in [6, 6.07) is 0.699. The summed E-state index contributed by atoms with van der Waals surface area (Å²) in [6.45, 7) is 22.2. The zero-order valence-electron chi connectivity index (χ0n) is 28.8. The molecule has 0 radical (unpaired) electrons. The Morgan fingerprint density at radius 3 is 1.86 bits per heavy atom. The van der Waals surface area contributed by atoms with Crippen LogP contribution < -0.4 is 0 Å². The van der Waals surface area contributed by atoms with Crippen molar-refractivity contribution in [2.75, 3.05) is 6.61 Å². The highest BCUT2D eigenvalue weighted by atomic mass is 32.9. The summed E-state index contributed by atoms with van der Waals surface area (Å²) >= 11 is 4.91. The van der Waals surface area contributed by atoms with E-state index in [0.29, 0.717) is 24.9 Å². The lowest BCUT2D eigenvalue weighted by Crippen LogP contribution is -2.59. The van der Waals surface area contributed by atoms with Crippen molar-refractivity contribution >= 4 is 82.2 Å². The number of carbonyl (C=O) groups excluding carboxylic acids is 2. The second-order valence-corrected chi connectivity index (χ2v) is 37.2. The van der Waals surface area contributed by atoms with Crippen LogP contribution in [0.5, 0.6) is 0 Å². The molecule has 0 aromatic rings. The molecule has 1 fully saturated rings. The van der Waals surface area contributed by atoms with Crippen LogP contribution in [0.1, 0.15) is 46.5 Å². The maximum atomic E-state index is 13.4. The number of aliphatic hydroxyl groups is 1. The molecule has 10 nitrogen and oxygen atoms in total. The molecule has 0 spiro atoms. The van der Waals surface area contributed by atoms with Gasteiger partial charge in [0.15, 0.2) is 23.2 Å². The first-order valence-electron chi connectivity index (χ1n) is 15.5. The quantitative estimate of drug-likeness (QED) is 0.0996. The molecule has 1 N–H and O–H groups in total. The third kappa shape index (κ3) is 17.0. The maximum Gasteiger partial charge on any atom is 0.318 e. The molecular formula is C26H57O10PS2Si5. The molecule has 0 aromatic heterocycles. The van der Waals surface area contributed by atoms with E-state index in [-0.39, 0.29) is 24.3 Å². The predicted molar refractivity (Wildman–Crippen MR) is 192 cm³/mol. The first kappa shape index (κ1) is 42.4. The molecule has 18 heteroatoms. The van der Waals surface area contributed by atoms with Crippen molar-refractivity contribution in [3.05, 3.63) is 0 Å². The summed E-state index contributed by atoms with van der Waals surface area (Å²) in [5, 5.41) is 9.58. The average Bonchev–Trinajstić information content (AvgIpc) is 2.83. The van der Waals surface area contributed by atoms with Crippen LogP contribution >= 0.6 is 6.58 Å². The van der Waals surface area contributed by atoms with Crippen LogP contribution in [0.4, 0.5) is 0 Å². The largest absolute Gasteiger partial charge is 0.463 e. The Hall–Kier alpha value is 0.364. The number of carbonyl (C=O) groups is 2. The molecule has 7 unspecified atom stereocenters. The van der Waals surface area contributed by atoms with Crippen molar-refractivity contribution in [3.63, 3.8) is 0 Å². The fourth-order valence-electron chi connectivity index (χ4n) is 5.53. The zero-order chi connectivity index (χ0) is 34.1. The van der Waals surface area contributed by atoms with Crippen molar-refractivity contribution in [3.8, 4) is 0 Å². The molecule has 258 valence electrons. The van der Waals surface area contributed by atoms with Crippen molar-refractivity contribution in [1.29, 1.82) is 0 Å². The van der Waals surface area contributed by atoms with Crippen LogP contribution in [0.2, 0.25) is 71.0 Å². The van der Waals surface area contributed by atoms with Gasteiger partial charge in [0, 0.05) is 17.7 Å². The fraction of sp³-hybridized carbons (Fsp3) is 0.923. The van der Waals surface area contributed by atoms with Gasteiger partial charge in [-0.05, 0) is 112 Å². The molecule has 7 atom stereocenters. The Morgan fingerprint density at radius 2 is 1.39 bits per heavy atom. The molecule has 0 amide bonds. The SMILES string of the molecule is CC(O)COC(=O)C(C)C[Si](C)(O[Si](C)(C)C)O[Si](C)(CC(C)C(=O)OC1CCC(P(=O)=S=S)CC1)O[SiH](C)O[Si](C)(C)C. The monoisotopic (exact) mass is 764 g/mol. The minimum absolute atomic E-state index is 0.0730. The van der Waals surface area contributed by atoms with E-state index in [1.807, 2.05) is 26.6 Å².